The minimum absolute atomic E-state index is 0.594. The van der Waals surface area contributed by atoms with Crippen molar-refractivity contribution in [3.05, 3.63) is 66.1 Å². The van der Waals surface area contributed by atoms with Gasteiger partial charge in [-0.05, 0) is 49.1 Å². The Morgan fingerprint density at radius 3 is 2.77 bits per heavy atom. The Bertz CT molecular complexity index is 988. The number of aromatic nitrogens is 2. The number of hydrogen-bond acceptors (Lipinski definition) is 4. The van der Waals surface area contributed by atoms with Crippen LogP contribution in [-0.2, 0) is 11.3 Å². The van der Waals surface area contributed by atoms with Crippen molar-refractivity contribution >= 4 is 11.6 Å². The monoisotopic (exact) mass is 421 g/mol. The van der Waals surface area contributed by atoms with Crippen LogP contribution in [0.2, 0.25) is 0 Å². The number of aliphatic carboxylic acids is 1. The number of benzene rings is 1. The third-order valence-corrected chi connectivity index (χ3v) is 4.81. The van der Waals surface area contributed by atoms with E-state index < -0.39 is 12.1 Å². The number of ether oxygens (including phenoxy) is 1. The minimum atomic E-state index is -5.08. The summed E-state index contributed by atoms with van der Waals surface area (Å²) < 4.78 is 39.6. The van der Waals surface area contributed by atoms with Crippen LogP contribution in [0.4, 0.5) is 13.2 Å². The van der Waals surface area contributed by atoms with Gasteiger partial charge in [-0.25, -0.2) is 9.78 Å². The van der Waals surface area contributed by atoms with E-state index in [1.54, 1.807) is 0 Å². The van der Waals surface area contributed by atoms with Gasteiger partial charge in [0.25, 0.3) is 0 Å². The number of nitrogens with one attached hydrogen (secondary N) is 1. The average Bonchev–Trinajstić information content (AvgIpc) is 3.21. The highest BCUT2D eigenvalue weighted by atomic mass is 19.4. The number of carbonyl (C=O) groups is 1. The molecule has 0 bridgehead atoms. The molecule has 0 aliphatic carbocycles. The molecule has 2 N–H and O–H groups in total. The van der Waals surface area contributed by atoms with Gasteiger partial charge in [0.15, 0.2) is 0 Å². The lowest BCUT2D eigenvalue weighted by atomic mass is 9.90. The van der Waals surface area contributed by atoms with Crippen molar-refractivity contribution in [2.24, 2.45) is 0 Å². The van der Waals surface area contributed by atoms with Gasteiger partial charge < -0.3 is 19.6 Å². The van der Waals surface area contributed by atoms with E-state index in [9.17, 15) is 13.2 Å². The first-order chi connectivity index (χ1) is 14.4. The zero-order valence-electron chi connectivity index (χ0n) is 16.1. The van der Waals surface area contributed by atoms with Gasteiger partial charge in [0.2, 0.25) is 0 Å². The van der Waals surface area contributed by atoms with Crippen molar-refractivity contribution in [3.8, 4) is 5.75 Å². The maximum Gasteiger partial charge on any atom is 0.490 e. The first-order valence-corrected chi connectivity index (χ1v) is 9.50. The smallest absolute Gasteiger partial charge is 0.490 e. The summed E-state index contributed by atoms with van der Waals surface area (Å²) in [5.41, 5.74) is 3.60. The Labute approximate surface area is 171 Å². The maximum absolute atomic E-state index is 10.6. The number of nitrogens with zero attached hydrogens (tertiary/aromatic N) is 2. The first kappa shape index (κ1) is 21.6. The zero-order valence-corrected chi connectivity index (χ0v) is 16.1. The molecule has 0 saturated carbocycles. The maximum atomic E-state index is 10.6. The molecule has 3 aromatic rings. The van der Waals surface area contributed by atoms with Gasteiger partial charge in [0, 0.05) is 24.6 Å². The van der Waals surface area contributed by atoms with E-state index >= 15 is 0 Å². The predicted octanol–water partition coefficient (Wildman–Crippen LogP) is 4.01. The van der Waals surface area contributed by atoms with Crippen LogP contribution in [0.15, 0.2) is 54.9 Å². The summed E-state index contributed by atoms with van der Waals surface area (Å²) in [5, 5.41) is 10.7. The number of carboxylic acid groups (broad SMARTS) is 1. The lowest BCUT2D eigenvalue weighted by Crippen LogP contribution is -2.21. The first-order valence-electron chi connectivity index (χ1n) is 9.50. The molecule has 2 aromatic heterocycles. The Morgan fingerprint density at radius 1 is 1.23 bits per heavy atom. The topological polar surface area (TPSA) is 75.9 Å². The second-order valence-electron chi connectivity index (χ2n) is 6.81. The zero-order chi connectivity index (χ0) is 21.6. The third-order valence-electron chi connectivity index (χ3n) is 4.81. The molecule has 1 atom stereocenters. The largest absolute Gasteiger partial charge is 0.493 e. The van der Waals surface area contributed by atoms with Crippen LogP contribution in [0.5, 0.6) is 5.75 Å². The molecule has 160 valence electrons. The van der Waals surface area contributed by atoms with Crippen molar-refractivity contribution in [1.29, 1.82) is 0 Å². The van der Waals surface area contributed by atoms with E-state index in [1.807, 2.05) is 24.5 Å². The lowest BCUT2D eigenvalue weighted by Gasteiger charge is -2.25. The fourth-order valence-corrected chi connectivity index (χ4v) is 3.36. The molecule has 0 fully saturated rings. The van der Waals surface area contributed by atoms with Gasteiger partial charge in [-0.1, -0.05) is 24.3 Å². The normalized spacial score (nSPS) is 15.6. The number of carboxylic acids is 1. The second kappa shape index (κ2) is 9.62. The van der Waals surface area contributed by atoms with Crippen LogP contribution in [0.3, 0.4) is 0 Å². The predicted molar refractivity (Wildman–Crippen MR) is 105 cm³/mol. The summed E-state index contributed by atoms with van der Waals surface area (Å²) in [6, 6.07) is 14.7. The lowest BCUT2D eigenvalue weighted by molar-refractivity contribution is -0.192. The van der Waals surface area contributed by atoms with Crippen molar-refractivity contribution in [2.75, 3.05) is 13.2 Å². The van der Waals surface area contributed by atoms with Gasteiger partial charge in [-0.3, -0.25) is 0 Å². The molecule has 1 aliphatic heterocycles. The molecule has 0 radical (unpaired) electrons. The molecular weight excluding hydrogens is 399 g/mol. The SMILES string of the molecule is O=C(O)C(F)(F)F.c1ccc2c(c1)OCCC2CCNCc1cccc2nccn12. The highest BCUT2D eigenvalue weighted by Crippen LogP contribution is 2.35. The van der Waals surface area contributed by atoms with Crippen LogP contribution >= 0.6 is 0 Å². The molecule has 4 rings (SSSR count). The molecule has 6 nitrogen and oxygen atoms in total. The number of pyridine rings is 1. The van der Waals surface area contributed by atoms with Crippen LogP contribution in [0.1, 0.15) is 30.0 Å². The average molecular weight is 421 g/mol. The van der Waals surface area contributed by atoms with Crippen molar-refractivity contribution < 1.29 is 27.8 Å². The van der Waals surface area contributed by atoms with Gasteiger partial charge in [-0.2, -0.15) is 13.2 Å². The van der Waals surface area contributed by atoms with Gasteiger partial charge in [-0.15, -0.1) is 0 Å². The number of fused-ring (bicyclic) bond motifs is 2. The molecule has 0 spiro atoms. The molecule has 1 aromatic carbocycles. The highest BCUT2D eigenvalue weighted by molar-refractivity contribution is 5.73. The Kier molecular flexibility index (Phi) is 6.94. The molecule has 0 amide bonds. The molecule has 1 unspecified atom stereocenters. The van der Waals surface area contributed by atoms with Crippen LogP contribution in [0.25, 0.3) is 5.65 Å². The number of para-hydroxylation sites is 1. The molecule has 3 heterocycles. The number of halogens is 3. The Hall–Kier alpha value is -3.07. The summed E-state index contributed by atoms with van der Waals surface area (Å²) in [6.07, 6.45) is 1.02. The van der Waals surface area contributed by atoms with E-state index in [-0.39, 0.29) is 0 Å². The van der Waals surface area contributed by atoms with E-state index in [2.05, 4.69) is 45.0 Å². The number of alkyl halides is 3. The Morgan fingerprint density at radius 2 is 2.00 bits per heavy atom. The van der Waals surface area contributed by atoms with Crippen LogP contribution in [-0.4, -0.2) is 39.8 Å². The summed E-state index contributed by atoms with van der Waals surface area (Å²) in [6.45, 7) is 2.69. The molecule has 1 aliphatic rings. The summed E-state index contributed by atoms with van der Waals surface area (Å²) in [4.78, 5) is 13.2. The van der Waals surface area contributed by atoms with Crippen LogP contribution in [0, 0.1) is 0 Å². The highest BCUT2D eigenvalue weighted by Gasteiger charge is 2.38. The number of hydrogen-bond donors (Lipinski definition) is 2. The minimum Gasteiger partial charge on any atom is -0.493 e. The molecule has 30 heavy (non-hydrogen) atoms. The Balaban J connectivity index is 0.000000318. The molecule has 9 heteroatoms. The van der Waals surface area contributed by atoms with E-state index in [1.165, 1.54) is 11.3 Å². The summed E-state index contributed by atoms with van der Waals surface area (Å²) in [7, 11) is 0. The van der Waals surface area contributed by atoms with E-state index in [0.717, 1.165) is 43.9 Å². The van der Waals surface area contributed by atoms with Crippen molar-refractivity contribution in [1.82, 2.24) is 14.7 Å². The standard InChI is InChI=1S/C19H21N3O.C2HF3O2/c1-2-6-18-17(5-1)15(9-13-23-18)8-10-20-14-16-4-3-7-19-21-11-12-22(16)19;3-2(4,5)1(6)7/h1-7,11-12,15,20H,8-10,13-14H2;(H,6,7). The quantitative estimate of drug-likeness (QED) is 0.609. The summed E-state index contributed by atoms with van der Waals surface area (Å²) >= 11 is 0. The van der Waals surface area contributed by atoms with Gasteiger partial charge in [0.05, 0.1) is 6.61 Å². The van der Waals surface area contributed by atoms with Gasteiger partial charge in [0.1, 0.15) is 11.4 Å². The fourth-order valence-electron chi connectivity index (χ4n) is 3.36. The molecule has 0 saturated heterocycles. The van der Waals surface area contributed by atoms with Crippen molar-refractivity contribution in [2.45, 2.75) is 31.5 Å². The van der Waals surface area contributed by atoms with E-state index in [0.29, 0.717) is 5.92 Å². The summed E-state index contributed by atoms with van der Waals surface area (Å²) in [5.74, 6) is -1.10. The van der Waals surface area contributed by atoms with E-state index in [4.69, 9.17) is 14.6 Å². The second-order valence-corrected chi connectivity index (χ2v) is 6.81. The third kappa shape index (κ3) is 5.50. The van der Waals surface area contributed by atoms with Gasteiger partial charge >= 0.3 is 12.1 Å². The molecular formula is C21H22F3N3O3. The number of imidazole rings is 1. The van der Waals surface area contributed by atoms with Crippen LogP contribution < -0.4 is 10.1 Å². The fraction of sp³-hybridized carbons (Fsp3) is 0.333. The number of rotatable bonds is 5. The van der Waals surface area contributed by atoms with Crippen molar-refractivity contribution in [3.63, 3.8) is 0 Å².